The summed E-state index contributed by atoms with van der Waals surface area (Å²) in [5, 5.41) is 7.80. The number of alkyl halides is 3. The maximum Gasteiger partial charge on any atom is 0.451 e. The highest BCUT2D eigenvalue weighted by molar-refractivity contribution is 5.85. The van der Waals surface area contributed by atoms with E-state index in [1.165, 1.54) is 31.7 Å². The number of nitrogens with two attached hydrogens (primary N) is 1. The SMILES string of the molecule is Nc1nc(Nc2ccc(N3CCN(C4CC5CCC4C5)CC3)cc2)nn1-c1nc(C(F)(F)F)nc2ccccc12. The van der Waals surface area contributed by atoms with E-state index in [1.54, 1.807) is 18.2 Å². The Morgan fingerprint density at radius 3 is 2.35 bits per heavy atom. The average molecular weight is 550 g/mol. The molecular weight excluding hydrogens is 519 g/mol. The lowest BCUT2D eigenvalue weighted by Crippen LogP contribution is -2.51. The molecule has 4 aromatic rings. The molecule has 3 N–H and O–H groups in total. The highest BCUT2D eigenvalue weighted by Gasteiger charge is 2.42. The largest absolute Gasteiger partial charge is 0.451 e. The zero-order chi connectivity index (χ0) is 27.4. The van der Waals surface area contributed by atoms with Crippen molar-refractivity contribution in [1.82, 2.24) is 29.6 Å². The summed E-state index contributed by atoms with van der Waals surface area (Å²) < 4.78 is 41.5. The molecule has 0 amide bonds. The van der Waals surface area contributed by atoms with Gasteiger partial charge in [0.05, 0.1) is 5.52 Å². The highest BCUT2D eigenvalue weighted by atomic mass is 19.4. The molecule has 1 aliphatic heterocycles. The second-order valence-electron chi connectivity index (χ2n) is 11.0. The van der Waals surface area contributed by atoms with Crippen LogP contribution in [0.25, 0.3) is 16.7 Å². The van der Waals surface area contributed by atoms with Crippen molar-refractivity contribution in [2.45, 2.75) is 37.9 Å². The second kappa shape index (κ2) is 9.61. The van der Waals surface area contributed by atoms with Crippen LogP contribution >= 0.6 is 0 Å². The van der Waals surface area contributed by atoms with Crippen LogP contribution in [0.5, 0.6) is 0 Å². The first-order valence-electron chi connectivity index (χ1n) is 13.7. The number of hydrogen-bond donors (Lipinski definition) is 2. The normalized spacial score (nSPS) is 23.3. The number of piperazine rings is 1. The van der Waals surface area contributed by atoms with Gasteiger partial charge in [-0.2, -0.15) is 22.8 Å². The number of hydrogen-bond acceptors (Lipinski definition) is 8. The zero-order valence-corrected chi connectivity index (χ0v) is 21.8. The smallest absolute Gasteiger partial charge is 0.369 e. The minimum Gasteiger partial charge on any atom is -0.369 e. The second-order valence-corrected chi connectivity index (χ2v) is 11.0. The quantitative estimate of drug-likeness (QED) is 0.364. The molecule has 2 saturated carbocycles. The Kier molecular flexibility index (Phi) is 6.02. The zero-order valence-electron chi connectivity index (χ0n) is 21.8. The van der Waals surface area contributed by atoms with Crippen LogP contribution in [0.1, 0.15) is 31.5 Å². The molecule has 40 heavy (non-hydrogen) atoms. The Balaban J connectivity index is 1.05. The van der Waals surface area contributed by atoms with Crippen molar-refractivity contribution in [3.05, 3.63) is 54.4 Å². The molecule has 3 heterocycles. The predicted molar refractivity (Wildman–Crippen MR) is 147 cm³/mol. The van der Waals surface area contributed by atoms with Crippen LogP contribution in [0.15, 0.2) is 48.5 Å². The third-order valence-corrected chi connectivity index (χ3v) is 8.64. The fourth-order valence-corrected chi connectivity index (χ4v) is 6.74. The van der Waals surface area contributed by atoms with E-state index in [9.17, 15) is 13.2 Å². The van der Waals surface area contributed by atoms with Crippen molar-refractivity contribution < 1.29 is 13.2 Å². The van der Waals surface area contributed by atoms with Gasteiger partial charge in [-0.25, -0.2) is 9.97 Å². The molecule has 2 bridgehead atoms. The summed E-state index contributed by atoms with van der Waals surface area (Å²) in [5.41, 5.74) is 8.10. The average Bonchev–Trinajstić information content (AvgIpc) is 3.69. The topological polar surface area (TPSA) is 101 Å². The lowest BCUT2D eigenvalue weighted by atomic mass is 9.93. The van der Waals surface area contributed by atoms with E-state index in [4.69, 9.17) is 5.73 Å². The molecule has 2 aromatic heterocycles. The van der Waals surface area contributed by atoms with Gasteiger partial charge in [-0.3, -0.25) is 4.90 Å². The number of benzene rings is 2. The summed E-state index contributed by atoms with van der Waals surface area (Å²) >= 11 is 0. The Bertz CT molecular complexity index is 1530. The Hall–Kier alpha value is -3.93. The predicted octanol–water partition coefficient (Wildman–Crippen LogP) is 4.87. The highest BCUT2D eigenvalue weighted by Crippen LogP contribution is 2.46. The monoisotopic (exact) mass is 549 g/mol. The lowest BCUT2D eigenvalue weighted by Gasteiger charge is -2.41. The summed E-state index contributed by atoms with van der Waals surface area (Å²) in [7, 11) is 0. The van der Waals surface area contributed by atoms with Gasteiger partial charge in [-0.15, -0.1) is 5.10 Å². The molecule has 3 fully saturated rings. The van der Waals surface area contributed by atoms with Crippen molar-refractivity contribution in [1.29, 1.82) is 0 Å². The summed E-state index contributed by atoms with van der Waals surface area (Å²) in [4.78, 5) is 16.7. The Morgan fingerprint density at radius 1 is 0.875 bits per heavy atom. The number of nitrogens with one attached hydrogen (secondary N) is 1. The summed E-state index contributed by atoms with van der Waals surface area (Å²) in [5.74, 6) is 0.577. The van der Waals surface area contributed by atoms with E-state index in [0.29, 0.717) is 5.39 Å². The number of aromatic nitrogens is 5. The standard InChI is InChI=1S/C28H30F3N9/c29-28(30,31)25-34-22-4-2-1-3-21(22)24(35-25)40-26(32)36-27(37-40)33-19-7-9-20(10-8-19)38-11-13-39(14-12-38)23-16-17-5-6-18(23)15-17/h1-4,7-10,17-18,23H,5-6,11-16H2,(H3,32,33,36,37). The van der Waals surface area contributed by atoms with Crippen LogP contribution in [-0.2, 0) is 6.18 Å². The molecule has 12 heteroatoms. The molecule has 2 aromatic carbocycles. The summed E-state index contributed by atoms with van der Waals surface area (Å²) in [6, 6.07) is 15.2. The van der Waals surface area contributed by atoms with Crippen molar-refractivity contribution in [3.8, 4) is 5.82 Å². The number of nitrogen functional groups attached to an aromatic ring is 1. The first-order chi connectivity index (χ1) is 19.3. The molecule has 1 saturated heterocycles. The van der Waals surface area contributed by atoms with Crippen LogP contribution in [0.2, 0.25) is 0 Å². The molecule has 3 atom stereocenters. The Labute approximate surface area is 229 Å². The number of fused-ring (bicyclic) bond motifs is 3. The molecule has 208 valence electrons. The van der Waals surface area contributed by atoms with Gasteiger partial charge in [0.2, 0.25) is 17.7 Å². The van der Waals surface area contributed by atoms with E-state index < -0.39 is 12.0 Å². The lowest BCUT2D eigenvalue weighted by molar-refractivity contribution is -0.144. The van der Waals surface area contributed by atoms with Crippen molar-refractivity contribution in [3.63, 3.8) is 0 Å². The first-order valence-corrected chi connectivity index (χ1v) is 13.7. The van der Waals surface area contributed by atoms with E-state index in [1.807, 2.05) is 12.1 Å². The van der Waals surface area contributed by atoms with Crippen LogP contribution < -0.4 is 16.0 Å². The number of rotatable bonds is 5. The van der Waals surface area contributed by atoms with Gasteiger partial charge in [0.15, 0.2) is 5.82 Å². The van der Waals surface area contributed by atoms with Gasteiger partial charge < -0.3 is 16.0 Å². The third kappa shape index (κ3) is 4.59. The summed E-state index contributed by atoms with van der Waals surface area (Å²) in [6.07, 6.45) is 0.936. The van der Waals surface area contributed by atoms with Crippen LogP contribution in [-0.4, -0.2) is 61.9 Å². The molecule has 3 aliphatic rings. The maximum absolute atomic E-state index is 13.5. The number of para-hydroxylation sites is 1. The number of anilines is 4. The molecule has 0 radical (unpaired) electrons. The van der Waals surface area contributed by atoms with Crippen LogP contribution in [0.4, 0.5) is 36.4 Å². The number of nitrogens with zero attached hydrogens (tertiary/aromatic N) is 7. The van der Waals surface area contributed by atoms with E-state index in [-0.39, 0.29) is 23.2 Å². The van der Waals surface area contributed by atoms with Gasteiger partial charge in [-0.1, -0.05) is 18.6 Å². The van der Waals surface area contributed by atoms with Crippen molar-refractivity contribution >= 4 is 34.2 Å². The van der Waals surface area contributed by atoms with Crippen LogP contribution in [0, 0.1) is 11.8 Å². The molecule has 7 rings (SSSR count). The number of halogens is 3. The minimum atomic E-state index is -4.72. The van der Waals surface area contributed by atoms with Gasteiger partial charge >= 0.3 is 6.18 Å². The first kappa shape index (κ1) is 25.1. The minimum absolute atomic E-state index is 0.0871. The molecule has 9 nitrogen and oxygen atoms in total. The van der Waals surface area contributed by atoms with Crippen LogP contribution in [0.3, 0.4) is 0 Å². The van der Waals surface area contributed by atoms with Crippen molar-refractivity contribution in [2.24, 2.45) is 11.8 Å². The van der Waals surface area contributed by atoms with Gasteiger partial charge in [0, 0.05) is 49.0 Å². The van der Waals surface area contributed by atoms with E-state index in [0.717, 1.165) is 60.1 Å². The van der Waals surface area contributed by atoms with Gasteiger partial charge in [0.1, 0.15) is 0 Å². The van der Waals surface area contributed by atoms with E-state index in [2.05, 4.69) is 47.3 Å². The fourth-order valence-electron chi connectivity index (χ4n) is 6.74. The maximum atomic E-state index is 13.5. The summed E-state index contributed by atoms with van der Waals surface area (Å²) in [6.45, 7) is 4.22. The Morgan fingerprint density at radius 2 is 1.65 bits per heavy atom. The van der Waals surface area contributed by atoms with E-state index >= 15 is 0 Å². The molecule has 3 unspecified atom stereocenters. The van der Waals surface area contributed by atoms with Gasteiger partial charge in [0.25, 0.3) is 0 Å². The molecule has 2 aliphatic carbocycles. The third-order valence-electron chi connectivity index (χ3n) is 8.64. The van der Waals surface area contributed by atoms with Gasteiger partial charge in [-0.05, 0) is 67.5 Å². The fraction of sp³-hybridized carbons (Fsp3) is 0.429. The molecule has 0 spiro atoms. The van der Waals surface area contributed by atoms with Crippen molar-refractivity contribution in [2.75, 3.05) is 42.1 Å². The molecular formula is C28H30F3N9.